The van der Waals surface area contributed by atoms with Crippen LogP contribution < -0.4 is 4.74 Å². The Bertz CT molecular complexity index is 742. The summed E-state index contributed by atoms with van der Waals surface area (Å²) in [6.07, 6.45) is 0.0736. The summed E-state index contributed by atoms with van der Waals surface area (Å²) in [5, 5.41) is 0. The Hall–Kier alpha value is -2.27. The number of carbonyl (C=O) groups excluding carboxylic acids is 1. The van der Waals surface area contributed by atoms with E-state index in [4.69, 9.17) is 13.9 Å². The van der Waals surface area contributed by atoms with Crippen LogP contribution in [0.4, 0.5) is 0 Å². The maximum absolute atomic E-state index is 12.6. The molecule has 1 aliphatic rings. The fourth-order valence-electron chi connectivity index (χ4n) is 3.08. The number of hydrogen-bond donors (Lipinski definition) is 0. The highest BCUT2D eigenvalue weighted by Gasteiger charge is 2.28. The van der Waals surface area contributed by atoms with E-state index in [2.05, 4.69) is 6.07 Å². The van der Waals surface area contributed by atoms with Crippen molar-refractivity contribution in [1.82, 2.24) is 4.90 Å². The van der Waals surface area contributed by atoms with Crippen molar-refractivity contribution < 1.29 is 18.7 Å². The maximum atomic E-state index is 12.6. The van der Waals surface area contributed by atoms with Gasteiger partial charge in [-0.3, -0.25) is 4.79 Å². The predicted molar refractivity (Wildman–Crippen MR) is 94.9 cm³/mol. The SMILES string of the molecule is Cc1ccc(C)c(OCc2ccc(C(=O)N3CC(C)OC(C)C3)o2)c1. The first kappa shape index (κ1) is 17.5. The molecule has 0 saturated carbocycles. The second-order valence-electron chi connectivity index (χ2n) is 6.79. The lowest BCUT2D eigenvalue weighted by Gasteiger charge is -2.34. The van der Waals surface area contributed by atoms with Gasteiger partial charge in [0.2, 0.25) is 0 Å². The molecule has 0 radical (unpaired) electrons. The lowest BCUT2D eigenvalue weighted by Crippen LogP contribution is -2.48. The molecule has 134 valence electrons. The number of amides is 1. The molecule has 0 N–H and O–H groups in total. The molecule has 2 atom stereocenters. The molecule has 1 amide bonds. The van der Waals surface area contributed by atoms with E-state index in [9.17, 15) is 4.79 Å². The van der Waals surface area contributed by atoms with E-state index >= 15 is 0 Å². The Morgan fingerprint density at radius 3 is 2.60 bits per heavy atom. The molecule has 3 rings (SSSR count). The van der Waals surface area contributed by atoms with Gasteiger partial charge in [-0.2, -0.15) is 0 Å². The number of rotatable bonds is 4. The quantitative estimate of drug-likeness (QED) is 0.849. The van der Waals surface area contributed by atoms with Crippen LogP contribution >= 0.6 is 0 Å². The van der Waals surface area contributed by atoms with Gasteiger partial charge in [0.25, 0.3) is 5.91 Å². The van der Waals surface area contributed by atoms with E-state index in [1.807, 2.05) is 39.8 Å². The third-order valence-electron chi connectivity index (χ3n) is 4.29. The molecule has 0 aliphatic carbocycles. The normalized spacial score (nSPS) is 20.6. The Kier molecular flexibility index (Phi) is 5.13. The molecule has 1 saturated heterocycles. The highest BCUT2D eigenvalue weighted by atomic mass is 16.5. The average molecular weight is 343 g/mol. The smallest absolute Gasteiger partial charge is 0.289 e. The molecule has 1 aromatic heterocycles. The van der Waals surface area contributed by atoms with Crippen molar-refractivity contribution in [3.63, 3.8) is 0 Å². The summed E-state index contributed by atoms with van der Waals surface area (Å²) >= 11 is 0. The van der Waals surface area contributed by atoms with Crippen LogP contribution in [0.15, 0.2) is 34.7 Å². The lowest BCUT2D eigenvalue weighted by atomic mass is 10.1. The van der Waals surface area contributed by atoms with Gasteiger partial charge in [0.05, 0.1) is 12.2 Å². The minimum Gasteiger partial charge on any atom is -0.485 e. The third-order valence-corrected chi connectivity index (χ3v) is 4.29. The van der Waals surface area contributed by atoms with E-state index in [1.54, 1.807) is 17.0 Å². The fraction of sp³-hybridized carbons (Fsp3) is 0.450. The molecule has 0 spiro atoms. The molecule has 25 heavy (non-hydrogen) atoms. The van der Waals surface area contributed by atoms with Crippen LogP contribution in [0.5, 0.6) is 5.75 Å². The van der Waals surface area contributed by atoms with E-state index < -0.39 is 0 Å². The summed E-state index contributed by atoms with van der Waals surface area (Å²) in [7, 11) is 0. The van der Waals surface area contributed by atoms with Crippen LogP contribution in [-0.2, 0) is 11.3 Å². The van der Waals surface area contributed by atoms with Crippen LogP contribution in [-0.4, -0.2) is 36.1 Å². The zero-order valence-electron chi connectivity index (χ0n) is 15.2. The average Bonchev–Trinajstić information content (AvgIpc) is 3.03. The van der Waals surface area contributed by atoms with Crippen molar-refractivity contribution in [3.8, 4) is 5.75 Å². The second-order valence-corrected chi connectivity index (χ2v) is 6.79. The van der Waals surface area contributed by atoms with Crippen molar-refractivity contribution in [3.05, 3.63) is 53.0 Å². The highest BCUT2D eigenvalue weighted by molar-refractivity contribution is 5.91. The summed E-state index contributed by atoms with van der Waals surface area (Å²) in [4.78, 5) is 14.4. The fourth-order valence-corrected chi connectivity index (χ4v) is 3.08. The van der Waals surface area contributed by atoms with Crippen molar-refractivity contribution in [1.29, 1.82) is 0 Å². The predicted octanol–water partition coefficient (Wildman–Crippen LogP) is 3.72. The minimum absolute atomic E-state index is 0.0368. The lowest BCUT2D eigenvalue weighted by molar-refractivity contribution is -0.0592. The third kappa shape index (κ3) is 4.23. The summed E-state index contributed by atoms with van der Waals surface area (Å²) < 4.78 is 17.2. The summed E-state index contributed by atoms with van der Waals surface area (Å²) in [5.41, 5.74) is 2.22. The largest absolute Gasteiger partial charge is 0.485 e. The zero-order valence-corrected chi connectivity index (χ0v) is 15.2. The number of benzene rings is 1. The Balaban J connectivity index is 1.64. The van der Waals surface area contributed by atoms with Crippen molar-refractivity contribution in [2.75, 3.05) is 13.1 Å². The van der Waals surface area contributed by atoms with Gasteiger partial charge in [0.1, 0.15) is 18.1 Å². The molecule has 0 bridgehead atoms. The van der Waals surface area contributed by atoms with Crippen molar-refractivity contribution in [2.24, 2.45) is 0 Å². The molecular formula is C20H25NO4. The highest BCUT2D eigenvalue weighted by Crippen LogP contribution is 2.22. The van der Waals surface area contributed by atoms with Crippen molar-refractivity contribution >= 4 is 5.91 Å². The van der Waals surface area contributed by atoms with Crippen LogP contribution in [0.25, 0.3) is 0 Å². The number of aryl methyl sites for hydroxylation is 2. The molecule has 1 aromatic carbocycles. The first-order valence-corrected chi connectivity index (χ1v) is 8.66. The number of furan rings is 1. The standard InChI is InChI=1S/C20H25NO4/c1-13-5-6-14(2)19(9-13)23-12-17-7-8-18(25-17)20(22)21-10-15(3)24-16(4)11-21/h5-9,15-16H,10-12H2,1-4H3. The van der Waals surface area contributed by atoms with E-state index in [0.29, 0.717) is 31.2 Å². The van der Waals surface area contributed by atoms with Crippen LogP contribution in [0.3, 0.4) is 0 Å². The summed E-state index contributed by atoms with van der Waals surface area (Å²) in [6, 6.07) is 9.60. The number of carbonyl (C=O) groups is 1. The van der Waals surface area contributed by atoms with Gasteiger partial charge in [-0.25, -0.2) is 0 Å². The number of nitrogens with zero attached hydrogens (tertiary/aromatic N) is 1. The van der Waals surface area contributed by atoms with Gasteiger partial charge in [0.15, 0.2) is 5.76 Å². The van der Waals surface area contributed by atoms with Gasteiger partial charge < -0.3 is 18.8 Å². The first-order valence-electron chi connectivity index (χ1n) is 8.66. The molecular weight excluding hydrogens is 318 g/mol. The second kappa shape index (κ2) is 7.31. The van der Waals surface area contributed by atoms with Crippen LogP contribution in [0.2, 0.25) is 0 Å². The Morgan fingerprint density at radius 2 is 1.88 bits per heavy atom. The minimum atomic E-state index is -0.0972. The monoisotopic (exact) mass is 343 g/mol. The van der Waals surface area contributed by atoms with Gasteiger partial charge in [-0.15, -0.1) is 0 Å². The molecule has 2 aromatic rings. The molecule has 5 heteroatoms. The molecule has 2 unspecified atom stereocenters. The zero-order chi connectivity index (χ0) is 18.0. The number of morpholine rings is 1. The van der Waals surface area contributed by atoms with E-state index in [1.165, 1.54) is 0 Å². The van der Waals surface area contributed by atoms with Gasteiger partial charge in [0, 0.05) is 13.1 Å². The molecule has 5 nitrogen and oxygen atoms in total. The summed E-state index contributed by atoms with van der Waals surface area (Å²) in [6.45, 7) is 9.44. The van der Waals surface area contributed by atoms with Gasteiger partial charge in [-0.1, -0.05) is 12.1 Å². The number of hydrogen-bond acceptors (Lipinski definition) is 4. The van der Waals surface area contributed by atoms with Gasteiger partial charge in [-0.05, 0) is 57.0 Å². The first-order chi connectivity index (χ1) is 11.9. The Labute approximate surface area is 148 Å². The molecule has 2 heterocycles. The Morgan fingerprint density at radius 1 is 1.16 bits per heavy atom. The summed E-state index contributed by atoms with van der Waals surface area (Å²) in [5.74, 6) is 1.72. The van der Waals surface area contributed by atoms with E-state index in [-0.39, 0.29) is 18.1 Å². The van der Waals surface area contributed by atoms with Crippen LogP contribution in [0.1, 0.15) is 41.3 Å². The van der Waals surface area contributed by atoms with Gasteiger partial charge >= 0.3 is 0 Å². The van der Waals surface area contributed by atoms with Crippen molar-refractivity contribution in [2.45, 2.75) is 46.5 Å². The topological polar surface area (TPSA) is 51.9 Å². The maximum Gasteiger partial charge on any atom is 0.289 e. The van der Waals surface area contributed by atoms with Crippen LogP contribution in [0, 0.1) is 13.8 Å². The number of ether oxygens (including phenoxy) is 2. The molecule has 1 aliphatic heterocycles. The molecule has 1 fully saturated rings. The van der Waals surface area contributed by atoms with E-state index in [0.717, 1.165) is 16.9 Å².